The van der Waals surface area contributed by atoms with E-state index >= 15 is 0 Å². The fourth-order valence-corrected chi connectivity index (χ4v) is 4.16. The highest BCUT2D eigenvalue weighted by Gasteiger charge is 2.37. The molecule has 1 fully saturated rings. The Morgan fingerprint density at radius 2 is 1.97 bits per heavy atom. The summed E-state index contributed by atoms with van der Waals surface area (Å²) in [6, 6.07) is 5.67. The van der Waals surface area contributed by atoms with E-state index in [1.54, 1.807) is 6.20 Å². The molecule has 0 bridgehead atoms. The molecular weight excluding hydrogens is 449 g/mol. The summed E-state index contributed by atoms with van der Waals surface area (Å²) >= 11 is 0. The Balaban J connectivity index is 1.16. The van der Waals surface area contributed by atoms with Gasteiger partial charge in [-0.1, -0.05) is 0 Å². The number of rotatable bonds is 7. The first-order chi connectivity index (χ1) is 16.8. The molecule has 180 valence electrons. The number of aromatic amines is 1. The number of hydrogen-bond donors (Lipinski definition) is 3. The van der Waals surface area contributed by atoms with Crippen molar-refractivity contribution in [2.24, 2.45) is 5.92 Å². The molecule has 0 spiro atoms. The number of aromatic nitrogens is 7. The quantitative estimate of drug-likeness (QED) is 0.372. The average molecular weight is 476 g/mol. The number of nitrogens with zero attached hydrogens (tertiary/aromatic N) is 6. The highest BCUT2D eigenvalue weighted by Crippen LogP contribution is 2.42. The van der Waals surface area contributed by atoms with Crippen LogP contribution in [0.25, 0.3) is 5.82 Å². The summed E-state index contributed by atoms with van der Waals surface area (Å²) in [7, 11) is 0. The van der Waals surface area contributed by atoms with Gasteiger partial charge in [0.15, 0.2) is 17.5 Å². The molecule has 0 aliphatic heterocycles. The van der Waals surface area contributed by atoms with E-state index in [-0.39, 0.29) is 23.8 Å². The van der Waals surface area contributed by atoms with Crippen LogP contribution in [0.4, 0.5) is 16.0 Å². The summed E-state index contributed by atoms with van der Waals surface area (Å²) in [4.78, 5) is 26.2. The third-order valence-electron chi connectivity index (χ3n) is 6.13. The maximum absolute atomic E-state index is 13.2. The highest BCUT2D eigenvalue weighted by molar-refractivity contribution is 5.80. The van der Waals surface area contributed by atoms with Gasteiger partial charge >= 0.3 is 0 Å². The van der Waals surface area contributed by atoms with Gasteiger partial charge in [-0.05, 0) is 51.3 Å². The minimum atomic E-state index is -0.448. The standard InChI is InChI=1S/C24H26FN9O/c1-13-4-19(30-21(5-13)31-22-6-14(2)32-33-22)16-7-17(8-16)24(35)29-15(3)20-10-27-23(11-26-20)34-12-18(25)9-28-34/h4-6,9-12,15-17H,7-8H2,1-3H3,(H,29,35)(H2,30,31,32,33)/t15-,16-,17-/m1/s1. The molecule has 1 saturated carbocycles. The van der Waals surface area contributed by atoms with E-state index in [0.29, 0.717) is 11.5 Å². The molecule has 35 heavy (non-hydrogen) atoms. The third kappa shape index (κ3) is 5.03. The molecule has 4 aromatic rings. The SMILES string of the molecule is Cc1cc(Nc2cc(C)[nH]n2)nc([C@H]2C[C@H](C(=O)N[C@H](C)c3cnc(-n4cc(F)cn4)cn3)C2)c1. The number of aryl methyl sites for hydroxylation is 2. The lowest BCUT2D eigenvalue weighted by molar-refractivity contribution is -0.128. The molecule has 0 aromatic carbocycles. The predicted molar refractivity (Wildman–Crippen MR) is 127 cm³/mol. The van der Waals surface area contributed by atoms with Crippen LogP contribution >= 0.6 is 0 Å². The van der Waals surface area contributed by atoms with Gasteiger partial charge in [0.1, 0.15) is 5.82 Å². The van der Waals surface area contributed by atoms with Gasteiger partial charge in [-0.25, -0.2) is 19.0 Å². The van der Waals surface area contributed by atoms with Gasteiger partial charge in [0, 0.05) is 29.3 Å². The summed E-state index contributed by atoms with van der Waals surface area (Å²) < 4.78 is 14.5. The second-order valence-electron chi connectivity index (χ2n) is 9.01. The molecule has 1 aliphatic carbocycles. The average Bonchev–Trinajstić information content (AvgIpc) is 3.40. The van der Waals surface area contributed by atoms with Crippen LogP contribution in [0, 0.1) is 25.6 Å². The number of carbonyl (C=O) groups is 1. The fourth-order valence-electron chi connectivity index (χ4n) is 4.16. The maximum Gasteiger partial charge on any atom is 0.223 e. The molecule has 0 radical (unpaired) electrons. The molecule has 3 N–H and O–H groups in total. The van der Waals surface area contributed by atoms with E-state index in [1.807, 2.05) is 32.9 Å². The zero-order chi connectivity index (χ0) is 24.5. The number of carbonyl (C=O) groups excluding carboxylic acids is 1. The van der Waals surface area contributed by atoms with Crippen LogP contribution in [-0.2, 0) is 4.79 Å². The van der Waals surface area contributed by atoms with E-state index in [2.05, 4.69) is 42.0 Å². The lowest BCUT2D eigenvalue weighted by Crippen LogP contribution is -2.39. The number of hydrogen-bond acceptors (Lipinski definition) is 7. The second-order valence-corrected chi connectivity index (χ2v) is 9.01. The van der Waals surface area contributed by atoms with Crippen molar-refractivity contribution in [3.05, 3.63) is 71.4 Å². The zero-order valence-corrected chi connectivity index (χ0v) is 19.7. The molecule has 10 nitrogen and oxygen atoms in total. The smallest absolute Gasteiger partial charge is 0.223 e. The van der Waals surface area contributed by atoms with E-state index in [1.165, 1.54) is 17.1 Å². The number of halogens is 1. The Morgan fingerprint density at radius 1 is 1.14 bits per heavy atom. The Kier molecular flexibility index (Phi) is 5.98. The van der Waals surface area contributed by atoms with Gasteiger partial charge in [-0.15, -0.1) is 0 Å². The summed E-state index contributed by atoms with van der Waals surface area (Å²) in [6.07, 6.45) is 6.88. The van der Waals surface area contributed by atoms with Gasteiger partial charge in [-0.3, -0.25) is 14.9 Å². The van der Waals surface area contributed by atoms with E-state index in [4.69, 9.17) is 4.98 Å². The Morgan fingerprint density at radius 3 is 2.63 bits per heavy atom. The Labute approximate surface area is 201 Å². The van der Waals surface area contributed by atoms with Crippen molar-refractivity contribution in [2.45, 2.75) is 45.6 Å². The molecule has 0 saturated heterocycles. The molecule has 5 rings (SSSR count). The molecule has 11 heteroatoms. The molecular formula is C24H26FN9O. The van der Waals surface area contributed by atoms with Crippen molar-refractivity contribution in [3.8, 4) is 5.82 Å². The van der Waals surface area contributed by atoms with Crippen LogP contribution in [0.15, 0.2) is 43.0 Å². The molecule has 4 heterocycles. The van der Waals surface area contributed by atoms with Gasteiger partial charge < -0.3 is 10.6 Å². The van der Waals surface area contributed by atoms with Gasteiger partial charge in [0.25, 0.3) is 0 Å². The van der Waals surface area contributed by atoms with Crippen LogP contribution in [0.1, 0.15) is 54.4 Å². The van der Waals surface area contributed by atoms with Crippen molar-refractivity contribution < 1.29 is 9.18 Å². The normalized spacial score (nSPS) is 18.1. The minimum absolute atomic E-state index is 0.00762. The maximum atomic E-state index is 13.2. The molecule has 4 aromatic heterocycles. The van der Waals surface area contributed by atoms with Crippen LogP contribution < -0.4 is 10.6 Å². The lowest BCUT2D eigenvalue weighted by atomic mass is 9.72. The molecule has 1 amide bonds. The summed E-state index contributed by atoms with van der Waals surface area (Å²) in [5, 5.41) is 17.2. The van der Waals surface area contributed by atoms with Crippen molar-refractivity contribution in [3.63, 3.8) is 0 Å². The number of nitrogens with one attached hydrogen (secondary N) is 3. The lowest BCUT2D eigenvalue weighted by Gasteiger charge is -2.34. The van der Waals surface area contributed by atoms with Crippen LogP contribution in [0.3, 0.4) is 0 Å². The summed E-state index contributed by atoms with van der Waals surface area (Å²) in [5.74, 6) is 1.57. The van der Waals surface area contributed by atoms with Gasteiger partial charge in [-0.2, -0.15) is 10.2 Å². The van der Waals surface area contributed by atoms with Crippen molar-refractivity contribution in [1.29, 1.82) is 0 Å². The topological polar surface area (TPSA) is 126 Å². The molecule has 1 atom stereocenters. The van der Waals surface area contributed by atoms with Crippen molar-refractivity contribution >= 4 is 17.5 Å². The Hall–Kier alpha value is -4.15. The third-order valence-corrected chi connectivity index (χ3v) is 6.13. The van der Waals surface area contributed by atoms with Crippen LogP contribution in [-0.4, -0.2) is 40.8 Å². The number of anilines is 2. The van der Waals surface area contributed by atoms with Crippen molar-refractivity contribution in [2.75, 3.05) is 5.32 Å². The largest absolute Gasteiger partial charge is 0.348 e. The first kappa shape index (κ1) is 22.6. The van der Waals surface area contributed by atoms with Crippen LogP contribution in [0.2, 0.25) is 0 Å². The predicted octanol–water partition coefficient (Wildman–Crippen LogP) is 3.65. The zero-order valence-electron chi connectivity index (χ0n) is 19.7. The number of pyridine rings is 1. The molecule has 1 aliphatic rings. The summed E-state index contributed by atoms with van der Waals surface area (Å²) in [6.45, 7) is 5.84. The van der Waals surface area contributed by atoms with E-state index in [0.717, 1.165) is 47.6 Å². The van der Waals surface area contributed by atoms with Gasteiger partial charge in [0.2, 0.25) is 5.91 Å². The first-order valence-corrected chi connectivity index (χ1v) is 11.4. The number of amides is 1. The Bertz CT molecular complexity index is 1340. The van der Waals surface area contributed by atoms with E-state index in [9.17, 15) is 9.18 Å². The van der Waals surface area contributed by atoms with E-state index < -0.39 is 5.82 Å². The molecule has 0 unspecified atom stereocenters. The second kappa shape index (κ2) is 9.24. The highest BCUT2D eigenvalue weighted by atomic mass is 19.1. The monoisotopic (exact) mass is 475 g/mol. The van der Waals surface area contributed by atoms with Crippen LogP contribution in [0.5, 0.6) is 0 Å². The summed E-state index contributed by atoms with van der Waals surface area (Å²) in [5.41, 5.74) is 3.67. The van der Waals surface area contributed by atoms with Crippen molar-refractivity contribution in [1.82, 2.24) is 40.2 Å². The first-order valence-electron chi connectivity index (χ1n) is 11.4. The fraction of sp³-hybridized carbons (Fsp3) is 0.333. The minimum Gasteiger partial charge on any atom is -0.348 e. The number of H-pyrrole nitrogens is 1. The van der Waals surface area contributed by atoms with Gasteiger partial charge in [0.05, 0.1) is 36.5 Å².